The second-order valence-corrected chi connectivity index (χ2v) is 4.70. The van der Waals surface area contributed by atoms with Gasteiger partial charge in [0.25, 0.3) is 5.89 Å². The summed E-state index contributed by atoms with van der Waals surface area (Å²) in [5.41, 5.74) is 0.567. The second kappa shape index (κ2) is 5.77. The van der Waals surface area contributed by atoms with Crippen molar-refractivity contribution in [2.45, 2.75) is 32.3 Å². The van der Waals surface area contributed by atoms with E-state index < -0.39 is 0 Å². The Hall–Kier alpha value is -2.31. The van der Waals surface area contributed by atoms with E-state index in [0.717, 1.165) is 25.7 Å². The van der Waals surface area contributed by atoms with E-state index in [1.165, 1.54) is 6.33 Å². The van der Waals surface area contributed by atoms with E-state index >= 15 is 0 Å². The third-order valence-electron chi connectivity index (χ3n) is 3.31. The van der Waals surface area contributed by atoms with Crippen LogP contribution in [-0.4, -0.2) is 26.1 Å². The van der Waals surface area contributed by atoms with Crippen molar-refractivity contribution in [1.82, 2.24) is 20.1 Å². The van der Waals surface area contributed by atoms with Crippen LogP contribution in [0, 0.1) is 5.92 Å². The summed E-state index contributed by atoms with van der Waals surface area (Å²) in [5, 5.41) is 3.79. The molecular weight excluding hydrogens is 260 g/mol. The summed E-state index contributed by atoms with van der Waals surface area (Å²) >= 11 is 0. The van der Waals surface area contributed by atoms with Crippen molar-refractivity contribution < 1.29 is 14.1 Å². The van der Waals surface area contributed by atoms with Crippen LogP contribution in [0.1, 0.15) is 31.6 Å². The van der Waals surface area contributed by atoms with Crippen molar-refractivity contribution in [2.75, 3.05) is 0 Å². The summed E-state index contributed by atoms with van der Waals surface area (Å²) in [6, 6.07) is 1.68. The Balaban J connectivity index is 1.59. The van der Waals surface area contributed by atoms with Gasteiger partial charge in [-0.25, -0.2) is 9.97 Å². The first-order valence-electron chi connectivity index (χ1n) is 6.58. The molecule has 7 nitrogen and oxygen atoms in total. The number of hydrogen-bond acceptors (Lipinski definition) is 7. The zero-order chi connectivity index (χ0) is 13.8. The molecule has 7 heteroatoms. The van der Waals surface area contributed by atoms with Crippen molar-refractivity contribution in [3.8, 4) is 11.5 Å². The number of hydrogen-bond donors (Lipinski definition) is 0. The highest BCUT2D eigenvalue weighted by Gasteiger charge is 2.24. The topological polar surface area (TPSA) is 91.0 Å². The fourth-order valence-corrected chi connectivity index (χ4v) is 2.25. The molecule has 1 aliphatic rings. The predicted octanol–water partition coefficient (Wildman–Crippen LogP) is 1.76. The van der Waals surface area contributed by atoms with Crippen molar-refractivity contribution in [1.29, 1.82) is 0 Å². The summed E-state index contributed by atoms with van der Waals surface area (Å²) in [6.07, 6.45) is 7.02. The highest BCUT2D eigenvalue weighted by molar-refractivity contribution is 5.72. The molecule has 0 bridgehead atoms. The van der Waals surface area contributed by atoms with Gasteiger partial charge in [-0.15, -0.1) is 0 Å². The molecule has 1 fully saturated rings. The molecular formula is C13H14N4O3. The van der Waals surface area contributed by atoms with E-state index in [9.17, 15) is 4.79 Å². The summed E-state index contributed by atoms with van der Waals surface area (Å²) in [5.74, 6) is 0.479. The van der Waals surface area contributed by atoms with Crippen molar-refractivity contribution in [3.63, 3.8) is 0 Å². The van der Waals surface area contributed by atoms with Crippen LogP contribution in [0.25, 0.3) is 11.5 Å². The summed E-state index contributed by atoms with van der Waals surface area (Å²) in [7, 11) is 0. The lowest BCUT2D eigenvalue weighted by Gasteiger charge is -2.06. The molecule has 0 spiro atoms. The number of rotatable bonds is 4. The van der Waals surface area contributed by atoms with Crippen LogP contribution in [0.5, 0.6) is 0 Å². The van der Waals surface area contributed by atoms with Gasteiger partial charge >= 0.3 is 5.97 Å². The van der Waals surface area contributed by atoms with Gasteiger partial charge in [0.2, 0.25) is 5.82 Å². The average Bonchev–Trinajstić information content (AvgIpc) is 3.17. The van der Waals surface area contributed by atoms with Gasteiger partial charge in [-0.1, -0.05) is 18.0 Å². The number of ether oxygens (including phenoxy) is 1. The van der Waals surface area contributed by atoms with E-state index in [0.29, 0.717) is 11.5 Å². The van der Waals surface area contributed by atoms with E-state index in [1.807, 2.05) is 0 Å². The van der Waals surface area contributed by atoms with E-state index in [2.05, 4.69) is 20.1 Å². The predicted molar refractivity (Wildman–Crippen MR) is 67.1 cm³/mol. The number of aromatic nitrogens is 4. The van der Waals surface area contributed by atoms with Gasteiger partial charge in [-0.05, 0) is 18.9 Å². The van der Waals surface area contributed by atoms with Crippen LogP contribution in [-0.2, 0) is 16.1 Å². The Labute approximate surface area is 115 Å². The molecule has 104 valence electrons. The number of carbonyl (C=O) groups excluding carboxylic acids is 1. The number of esters is 1. The van der Waals surface area contributed by atoms with E-state index in [4.69, 9.17) is 9.26 Å². The molecule has 0 radical (unpaired) electrons. The lowest BCUT2D eigenvalue weighted by Crippen LogP contribution is -2.14. The van der Waals surface area contributed by atoms with Crippen LogP contribution >= 0.6 is 0 Å². The first-order chi connectivity index (χ1) is 9.83. The van der Waals surface area contributed by atoms with Gasteiger partial charge in [-0.3, -0.25) is 4.79 Å². The van der Waals surface area contributed by atoms with Gasteiger partial charge in [0, 0.05) is 6.20 Å². The fourth-order valence-electron chi connectivity index (χ4n) is 2.25. The minimum absolute atomic E-state index is 0.00736. The summed E-state index contributed by atoms with van der Waals surface area (Å²) < 4.78 is 10.2. The summed E-state index contributed by atoms with van der Waals surface area (Å²) in [6.45, 7) is 0.00736. The van der Waals surface area contributed by atoms with Gasteiger partial charge in [0.05, 0.1) is 5.92 Å². The Kier molecular flexibility index (Phi) is 3.67. The molecule has 2 aromatic heterocycles. The molecule has 2 aromatic rings. The highest BCUT2D eigenvalue weighted by atomic mass is 16.6. The lowest BCUT2D eigenvalue weighted by atomic mass is 10.1. The Bertz CT molecular complexity index is 578. The van der Waals surface area contributed by atoms with Gasteiger partial charge in [-0.2, -0.15) is 4.98 Å². The monoisotopic (exact) mass is 274 g/mol. The summed E-state index contributed by atoms with van der Waals surface area (Å²) in [4.78, 5) is 23.7. The molecule has 0 saturated heterocycles. The molecule has 1 saturated carbocycles. The molecule has 0 aromatic carbocycles. The zero-order valence-corrected chi connectivity index (χ0v) is 10.9. The Morgan fingerprint density at radius 2 is 2.25 bits per heavy atom. The van der Waals surface area contributed by atoms with Crippen LogP contribution in [0.3, 0.4) is 0 Å². The minimum Gasteiger partial charge on any atom is -0.455 e. The third-order valence-corrected chi connectivity index (χ3v) is 3.31. The quantitative estimate of drug-likeness (QED) is 0.784. The normalized spacial score (nSPS) is 15.4. The smallest absolute Gasteiger partial charge is 0.309 e. The Morgan fingerprint density at radius 3 is 3.00 bits per heavy atom. The first kappa shape index (κ1) is 12.7. The molecule has 0 amide bonds. The van der Waals surface area contributed by atoms with Crippen LogP contribution in [0.15, 0.2) is 23.1 Å². The van der Waals surface area contributed by atoms with Crippen LogP contribution in [0.2, 0.25) is 0 Å². The van der Waals surface area contributed by atoms with Crippen LogP contribution in [0.4, 0.5) is 0 Å². The molecule has 2 heterocycles. The third kappa shape index (κ3) is 2.81. The molecule has 0 N–H and O–H groups in total. The van der Waals surface area contributed by atoms with Crippen molar-refractivity contribution >= 4 is 5.97 Å². The maximum absolute atomic E-state index is 11.8. The highest BCUT2D eigenvalue weighted by Crippen LogP contribution is 2.26. The molecule has 1 aliphatic carbocycles. The standard InChI is InChI=1S/C13H14N4O3/c18-13(9-3-1-2-4-9)19-7-11-16-12(17-20-11)10-5-6-14-8-15-10/h5-6,8-9H,1-4,7H2. The van der Waals surface area contributed by atoms with Crippen molar-refractivity contribution in [2.24, 2.45) is 5.92 Å². The second-order valence-electron chi connectivity index (χ2n) is 4.70. The SMILES string of the molecule is O=C(OCc1nc(-c2ccncn2)no1)C1CCCC1. The van der Waals surface area contributed by atoms with Gasteiger partial charge in [0.1, 0.15) is 12.0 Å². The maximum Gasteiger partial charge on any atom is 0.309 e. The van der Waals surface area contributed by atoms with E-state index in [-0.39, 0.29) is 24.4 Å². The van der Waals surface area contributed by atoms with Gasteiger partial charge < -0.3 is 9.26 Å². The zero-order valence-electron chi connectivity index (χ0n) is 10.9. The van der Waals surface area contributed by atoms with Gasteiger partial charge in [0.15, 0.2) is 6.61 Å². The largest absolute Gasteiger partial charge is 0.455 e. The minimum atomic E-state index is -0.177. The van der Waals surface area contributed by atoms with E-state index in [1.54, 1.807) is 12.3 Å². The first-order valence-corrected chi connectivity index (χ1v) is 6.58. The fraction of sp³-hybridized carbons (Fsp3) is 0.462. The molecule has 0 aliphatic heterocycles. The maximum atomic E-state index is 11.8. The van der Waals surface area contributed by atoms with Crippen LogP contribution < -0.4 is 0 Å². The Morgan fingerprint density at radius 1 is 1.40 bits per heavy atom. The molecule has 0 unspecified atom stereocenters. The number of carbonyl (C=O) groups is 1. The lowest BCUT2D eigenvalue weighted by molar-refractivity contribution is -0.150. The molecule has 0 atom stereocenters. The molecule has 20 heavy (non-hydrogen) atoms. The van der Waals surface area contributed by atoms with Crippen molar-refractivity contribution in [3.05, 3.63) is 24.5 Å². The average molecular weight is 274 g/mol. The molecule has 3 rings (SSSR count). The number of nitrogens with zero attached hydrogens (tertiary/aromatic N) is 4.